The molecule has 6 heteroatoms. The van der Waals surface area contributed by atoms with Gasteiger partial charge in [-0.1, -0.05) is 32.0 Å². The first-order valence-electron chi connectivity index (χ1n) is 7.53. The smallest absolute Gasteiger partial charge is 0.350 e. The standard InChI is InChI=1S/C18H19F3N2O/c1-17(2,16(24)23-12-15-5-3-4-10-22-15)11-13-6-8-14(9-7-13)18(19,20)21/h3-10H,11-12H2,1-2H3,(H,23,24). The van der Waals surface area contributed by atoms with E-state index in [1.54, 1.807) is 26.1 Å². The van der Waals surface area contributed by atoms with Crippen LogP contribution in [0.3, 0.4) is 0 Å². The van der Waals surface area contributed by atoms with Gasteiger partial charge in [-0.2, -0.15) is 13.2 Å². The third kappa shape index (κ3) is 4.81. The normalized spacial score (nSPS) is 12.0. The van der Waals surface area contributed by atoms with E-state index in [9.17, 15) is 18.0 Å². The van der Waals surface area contributed by atoms with E-state index >= 15 is 0 Å². The first-order chi connectivity index (χ1) is 11.2. The molecule has 1 N–H and O–H groups in total. The number of carbonyl (C=O) groups excluding carboxylic acids is 1. The second-order valence-electron chi connectivity index (χ2n) is 6.26. The molecule has 0 bridgehead atoms. The average Bonchev–Trinajstić information content (AvgIpc) is 2.53. The summed E-state index contributed by atoms with van der Waals surface area (Å²) >= 11 is 0. The van der Waals surface area contributed by atoms with Gasteiger partial charge in [-0.05, 0) is 36.2 Å². The third-order valence-corrected chi connectivity index (χ3v) is 3.70. The average molecular weight is 336 g/mol. The molecule has 0 unspecified atom stereocenters. The van der Waals surface area contributed by atoms with Crippen molar-refractivity contribution in [3.63, 3.8) is 0 Å². The SMILES string of the molecule is CC(C)(Cc1ccc(C(F)(F)F)cc1)C(=O)NCc1ccccn1. The molecule has 2 rings (SSSR count). The van der Waals surface area contributed by atoms with Crippen LogP contribution in [0.25, 0.3) is 0 Å². The summed E-state index contributed by atoms with van der Waals surface area (Å²) in [5.41, 5.74) is -0.00466. The first-order valence-corrected chi connectivity index (χ1v) is 7.53. The van der Waals surface area contributed by atoms with Gasteiger partial charge in [0.1, 0.15) is 0 Å². The summed E-state index contributed by atoms with van der Waals surface area (Å²) in [6.07, 6.45) is -2.36. The minimum Gasteiger partial charge on any atom is -0.350 e. The molecule has 0 atom stereocenters. The van der Waals surface area contributed by atoms with E-state index < -0.39 is 17.2 Å². The van der Waals surface area contributed by atoms with Gasteiger partial charge >= 0.3 is 6.18 Å². The quantitative estimate of drug-likeness (QED) is 0.897. The number of carbonyl (C=O) groups is 1. The molecule has 1 aromatic heterocycles. The monoisotopic (exact) mass is 336 g/mol. The highest BCUT2D eigenvalue weighted by molar-refractivity contribution is 5.82. The van der Waals surface area contributed by atoms with Crippen LogP contribution in [0.5, 0.6) is 0 Å². The van der Waals surface area contributed by atoms with Crippen LogP contribution in [0, 0.1) is 5.41 Å². The van der Waals surface area contributed by atoms with Gasteiger partial charge in [-0.15, -0.1) is 0 Å². The number of hydrogen-bond acceptors (Lipinski definition) is 2. The van der Waals surface area contributed by atoms with Gasteiger partial charge < -0.3 is 5.32 Å². The fourth-order valence-corrected chi connectivity index (χ4v) is 2.31. The number of nitrogens with one attached hydrogen (secondary N) is 1. The molecule has 2 aromatic rings. The number of alkyl halides is 3. The van der Waals surface area contributed by atoms with Gasteiger partial charge in [-0.25, -0.2) is 0 Å². The Morgan fingerprint density at radius 3 is 2.29 bits per heavy atom. The minimum atomic E-state index is -4.35. The number of nitrogens with zero attached hydrogens (tertiary/aromatic N) is 1. The molecule has 1 amide bonds. The van der Waals surface area contributed by atoms with Crippen molar-refractivity contribution in [2.45, 2.75) is 33.0 Å². The van der Waals surface area contributed by atoms with Crippen LogP contribution in [-0.2, 0) is 23.9 Å². The van der Waals surface area contributed by atoms with Crippen LogP contribution in [0.15, 0.2) is 48.7 Å². The summed E-state index contributed by atoms with van der Waals surface area (Å²) in [5.74, 6) is -0.173. The molecule has 0 spiro atoms. The molecule has 1 aromatic carbocycles. The van der Waals surface area contributed by atoms with E-state index in [4.69, 9.17) is 0 Å². The molecule has 0 aliphatic rings. The summed E-state index contributed by atoms with van der Waals surface area (Å²) < 4.78 is 37.7. The molecule has 1 heterocycles. The number of amides is 1. The number of benzene rings is 1. The van der Waals surface area contributed by atoms with Crippen molar-refractivity contribution in [3.05, 3.63) is 65.5 Å². The maximum Gasteiger partial charge on any atom is 0.416 e. The van der Waals surface area contributed by atoms with Crippen LogP contribution in [0.2, 0.25) is 0 Å². The summed E-state index contributed by atoms with van der Waals surface area (Å²) in [4.78, 5) is 16.5. The Morgan fingerprint density at radius 1 is 1.08 bits per heavy atom. The summed E-state index contributed by atoms with van der Waals surface area (Å²) in [7, 11) is 0. The zero-order valence-electron chi connectivity index (χ0n) is 13.5. The predicted octanol–water partition coefficient (Wildman–Crippen LogP) is 3.99. The zero-order valence-corrected chi connectivity index (χ0v) is 13.5. The highest BCUT2D eigenvalue weighted by atomic mass is 19.4. The fraction of sp³-hybridized carbons (Fsp3) is 0.333. The summed E-state index contributed by atoms with van der Waals surface area (Å²) in [6.45, 7) is 3.84. The van der Waals surface area contributed by atoms with Gasteiger partial charge in [0.05, 0.1) is 17.8 Å². The van der Waals surface area contributed by atoms with Crippen LogP contribution >= 0.6 is 0 Å². The molecule has 0 fully saturated rings. The molecule has 0 aliphatic heterocycles. The molecule has 24 heavy (non-hydrogen) atoms. The lowest BCUT2D eigenvalue weighted by Gasteiger charge is -2.24. The van der Waals surface area contributed by atoms with Gasteiger partial charge in [0.15, 0.2) is 0 Å². The van der Waals surface area contributed by atoms with Crippen molar-refractivity contribution in [1.82, 2.24) is 10.3 Å². The Kier molecular flexibility index (Phi) is 5.26. The topological polar surface area (TPSA) is 42.0 Å². The lowest BCUT2D eigenvalue weighted by molar-refractivity contribution is -0.137. The third-order valence-electron chi connectivity index (χ3n) is 3.70. The molecular formula is C18H19F3N2O. The Labute approximate surface area is 138 Å². The van der Waals surface area contributed by atoms with Crippen LogP contribution in [0.1, 0.15) is 30.7 Å². The molecule has 0 radical (unpaired) electrons. The molecule has 0 saturated carbocycles. The first kappa shape index (κ1) is 18.0. The van der Waals surface area contributed by atoms with Crippen molar-refractivity contribution in [2.24, 2.45) is 5.41 Å². The Morgan fingerprint density at radius 2 is 1.75 bits per heavy atom. The van der Waals surface area contributed by atoms with Crippen molar-refractivity contribution >= 4 is 5.91 Å². The van der Waals surface area contributed by atoms with E-state index in [0.717, 1.165) is 17.8 Å². The largest absolute Gasteiger partial charge is 0.416 e. The highest BCUT2D eigenvalue weighted by Crippen LogP contribution is 2.30. The Bertz CT molecular complexity index is 680. The van der Waals surface area contributed by atoms with Crippen LogP contribution < -0.4 is 5.32 Å². The molecule has 128 valence electrons. The maximum atomic E-state index is 12.6. The molecule has 0 aliphatic carbocycles. The summed E-state index contributed by atoms with van der Waals surface area (Å²) in [5, 5.41) is 2.81. The number of aromatic nitrogens is 1. The molecule has 3 nitrogen and oxygen atoms in total. The second kappa shape index (κ2) is 7.03. The van der Waals surface area contributed by atoms with E-state index in [2.05, 4.69) is 10.3 Å². The Hall–Kier alpha value is -2.37. The number of halogens is 3. The highest BCUT2D eigenvalue weighted by Gasteiger charge is 2.31. The van der Waals surface area contributed by atoms with E-state index in [-0.39, 0.29) is 5.91 Å². The minimum absolute atomic E-state index is 0.173. The van der Waals surface area contributed by atoms with Crippen molar-refractivity contribution < 1.29 is 18.0 Å². The molecular weight excluding hydrogens is 317 g/mol. The van der Waals surface area contributed by atoms with Gasteiger partial charge in [-0.3, -0.25) is 9.78 Å². The van der Waals surface area contributed by atoms with Crippen molar-refractivity contribution in [3.8, 4) is 0 Å². The predicted molar refractivity (Wildman–Crippen MR) is 85.0 cm³/mol. The lowest BCUT2D eigenvalue weighted by Crippen LogP contribution is -2.38. The van der Waals surface area contributed by atoms with Gasteiger partial charge in [0.25, 0.3) is 0 Å². The van der Waals surface area contributed by atoms with Gasteiger partial charge in [0, 0.05) is 11.6 Å². The second-order valence-corrected chi connectivity index (χ2v) is 6.26. The lowest BCUT2D eigenvalue weighted by atomic mass is 9.84. The van der Waals surface area contributed by atoms with Crippen LogP contribution in [0.4, 0.5) is 13.2 Å². The van der Waals surface area contributed by atoms with Crippen molar-refractivity contribution in [2.75, 3.05) is 0 Å². The fourth-order valence-electron chi connectivity index (χ4n) is 2.31. The summed E-state index contributed by atoms with van der Waals surface area (Å²) in [6, 6.07) is 10.3. The zero-order chi connectivity index (χ0) is 17.8. The van der Waals surface area contributed by atoms with E-state index in [1.165, 1.54) is 12.1 Å². The Balaban J connectivity index is 1.98. The molecule has 0 saturated heterocycles. The van der Waals surface area contributed by atoms with Crippen LogP contribution in [-0.4, -0.2) is 10.9 Å². The van der Waals surface area contributed by atoms with E-state index in [1.807, 2.05) is 12.1 Å². The van der Waals surface area contributed by atoms with E-state index in [0.29, 0.717) is 18.5 Å². The van der Waals surface area contributed by atoms with Crippen molar-refractivity contribution in [1.29, 1.82) is 0 Å². The van der Waals surface area contributed by atoms with Gasteiger partial charge in [0.2, 0.25) is 5.91 Å². The maximum absolute atomic E-state index is 12.6. The number of hydrogen-bond donors (Lipinski definition) is 1. The number of rotatable bonds is 5. The number of pyridine rings is 1.